The maximum absolute atomic E-state index is 12.2. The molecule has 0 aromatic heterocycles. The van der Waals surface area contributed by atoms with Crippen molar-refractivity contribution >= 4 is 34.0 Å². The number of anilines is 1. The van der Waals surface area contributed by atoms with E-state index in [0.717, 1.165) is 21.7 Å². The molecule has 3 nitrogen and oxygen atoms in total. The van der Waals surface area contributed by atoms with Crippen LogP contribution in [0.3, 0.4) is 0 Å². The van der Waals surface area contributed by atoms with E-state index < -0.39 is 0 Å². The number of hydrogen-bond acceptors (Lipinski definition) is 1. The molecule has 3 aromatic rings. The molecule has 1 atom stereocenters. The molecule has 3 aromatic carbocycles. The van der Waals surface area contributed by atoms with Crippen molar-refractivity contribution in [3.8, 4) is 0 Å². The van der Waals surface area contributed by atoms with E-state index in [1.54, 1.807) is 0 Å². The summed E-state index contributed by atoms with van der Waals surface area (Å²) in [4.78, 5) is 12.2. The number of fused-ring (bicyclic) bond motifs is 1. The molecule has 0 aliphatic carbocycles. The Balaban J connectivity index is 1.57. The van der Waals surface area contributed by atoms with Gasteiger partial charge in [-0.05, 0) is 42.0 Å². The molecule has 3 N–H and O–H groups in total. The highest BCUT2D eigenvalue weighted by atomic mass is 35.5. The topological polar surface area (TPSA) is 45.7 Å². The number of carbonyl (C=O) groups is 1. The van der Waals surface area contributed by atoms with Gasteiger partial charge in [0, 0.05) is 16.3 Å². The van der Waals surface area contributed by atoms with Crippen LogP contribution >= 0.6 is 11.6 Å². The van der Waals surface area contributed by atoms with Crippen LogP contribution in [0, 0.1) is 0 Å². The molecular weight excluding hydrogens is 320 g/mol. The molecule has 0 saturated heterocycles. The summed E-state index contributed by atoms with van der Waals surface area (Å²) in [5.74, 6) is -0.00825. The standard InChI is InChI=1S/C20H19ClN2O/c1-14(15-6-9-18(21)10-7-15)22-13-20(24)23-19-11-8-16-4-2-3-5-17(16)12-19/h2-12,14,22H,13H2,1H3,(H,23,24)/p+1/t14-/m1/s1. The lowest BCUT2D eigenvalue weighted by Crippen LogP contribution is -2.86. The molecule has 0 aliphatic rings. The lowest BCUT2D eigenvalue weighted by Gasteiger charge is -2.11. The van der Waals surface area contributed by atoms with E-state index in [0.29, 0.717) is 6.54 Å². The predicted octanol–water partition coefficient (Wildman–Crippen LogP) is 3.76. The van der Waals surface area contributed by atoms with Gasteiger partial charge in [-0.3, -0.25) is 4.79 Å². The first kappa shape index (κ1) is 16.5. The van der Waals surface area contributed by atoms with Crippen molar-refractivity contribution in [2.24, 2.45) is 0 Å². The fraction of sp³-hybridized carbons (Fsp3) is 0.150. The summed E-state index contributed by atoms with van der Waals surface area (Å²) >= 11 is 5.90. The van der Waals surface area contributed by atoms with Crippen LogP contribution < -0.4 is 10.6 Å². The Kier molecular flexibility index (Phi) is 5.14. The van der Waals surface area contributed by atoms with Gasteiger partial charge in [0.15, 0.2) is 6.54 Å². The number of quaternary nitrogens is 1. The molecule has 0 fully saturated rings. The molecule has 0 bridgehead atoms. The summed E-state index contributed by atoms with van der Waals surface area (Å²) in [5.41, 5.74) is 1.98. The van der Waals surface area contributed by atoms with Crippen LogP contribution in [0.2, 0.25) is 5.02 Å². The highest BCUT2D eigenvalue weighted by Crippen LogP contribution is 2.18. The maximum Gasteiger partial charge on any atom is 0.279 e. The maximum atomic E-state index is 12.2. The number of halogens is 1. The number of hydrogen-bond donors (Lipinski definition) is 2. The monoisotopic (exact) mass is 339 g/mol. The normalized spacial score (nSPS) is 12.1. The third-order valence-electron chi connectivity index (χ3n) is 4.09. The van der Waals surface area contributed by atoms with Crippen LogP contribution in [0.1, 0.15) is 18.5 Å². The molecule has 122 valence electrons. The van der Waals surface area contributed by atoms with Gasteiger partial charge in [-0.2, -0.15) is 0 Å². The van der Waals surface area contributed by atoms with E-state index >= 15 is 0 Å². The molecule has 0 spiro atoms. The molecular formula is C20H20ClN2O+. The molecule has 4 heteroatoms. The van der Waals surface area contributed by atoms with Gasteiger partial charge in [-0.25, -0.2) is 0 Å². The molecule has 0 heterocycles. The van der Waals surface area contributed by atoms with E-state index in [9.17, 15) is 4.79 Å². The summed E-state index contributed by atoms with van der Waals surface area (Å²) in [6.45, 7) is 2.45. The van der Waals surface area contributed by atoms with E-state index in [4.69, 9.17) is 11.6 Å². The first-order chi connectivity index (χ1) is 11.6. The van der Waals surface area contributed by atoms with Gasteiger partial charge in [0.1, 0.15) is 6.04 Å². The van der Waals surface area contributed by atoms with Crippen LogP contribution in [0.5, 0.6) is 0 Å². The highest BCUT2D eigenvalue weighted by Gasteiger charge is 2.11. The van der Waals surface area contributed by atoms with Gasteiger partial charge in [-0.15, -0.1) is 0 Å². The first-order valence-electron chi connectivity index (χ1n) is 7.99. The van der Waals surface area contributed by atoms with Crippen LogP contribution in [0.4, 0.5) is 5.69 Å². The van der Waals surface area contributed by atoms with Crippen molar-refractivity contribution in [1.29, 1.82) is 0 Å². The third kappa shape index (κ3) is 4.13. The number of nitrogens with one attached hydrogen (secondary N) is 1. The quantitative estimate of drug-likeness (QED) is 0.730. The number of nitrogens with two attached hydrogens (primary N) is 1. The number of amides is 1. The van der Waals surface area contributed by atoms with Crippen molar-refractivity contribution in [1.82, 2.24) is 0 Å². The fourth-order valence-corrected chi connectivity index (χ4v) is 2.79. The minimum Gasteiger partial charge on any atom is -0.333 e. The van der Waals surface area contributed by atoms with Gasteiger partial charge >= 0.3 is 0 Å². The fourth-order valence-electron chi connectivity index (χ4n) is 2.67. The summed E-state index contributed by atoms with van der Waals surface area (Å²) < 4.78 is 0. The van der Waals surface area contributed by atoms with E-state index in [-0.39, 0.29) is 11.9 Å². The average Bonchev–Trinajstić information content (AvgIpc) is 2.60. The Hall–Kier alpha value is -2.36. The van der Waals surface area contributed by atoms with Crippen molar-refractivity contribution in [3.05, 3.63) is 77.3 Å². The molecule has 0 aliphatic heterocycles. The Morgan fingerprint density at radius 2 is 1.75 bits per heavy atom. The molecule has 0 saturated carbocycles. The van der Waals surface area contributed by atoms with Crippen molar-refractivity contribution < 1.29 is 10.1 Å². The molecule has 1 amide bonds. The van der Waals surface area contributed by atoms with Crippen LogP contribution in [-0.4, -0.2) is 12.5 Å². The molecule has 0 unspecified atom stereocenters. The second-order valence-electron chi connectivity index (χ2n) is 5.89. The van der Waals surface area contributed by atoms with Gasteiger partial charge < -0.3 is 10.6 Å². The smallest absolute Gasteiger partial charge is 0.279 e. The number of benzene rings is 3. The van der Waals surface area contributed by atoms with Crippen LogP contribution in [0.15, 0.2) is 66.7 Å². The van der Waals surface area contributed by atoms with Gasteiger partial charge in [0.05, 0.1) is 0 Å². The van der Waals surface area contributed by atoms with Gasteiger partial charge in [-0.1, -0.05) is 54.1 Å². The van der Waals surface area contributed by atoms with E-state index in [2.05, 4.69) is 18.3 Å². The van der Waals surface area contributed by atoms with E-state index in [1.165, 1.54) is 5.39 Å². The summed E-state index contributed by atoms with van der Waals surface area (Å²) in [6, 6.07) is 22.0. The average molecular weight is 340 g/mol. The summed E-state index contributed by atoms with van der Waals surface area (Å²) in [6.07, 6.45) is 0. The minimum atomic E-state index is -0.00825. The van der Waals surface area contributed by atoms with Gasteiger partial charge in [0.25, 0.3) is 5.91 Å². The second kappa shape index (κ2) is 7.47. The predicted molar refractivity (Wildman–Crippen MR) is 99.2 cm³/mol. The van der Waals surface area contributed by atoms with Crippen molar-refractivity contribution in [3.63, 3.8) is 0 Å². The Morgan fingerprint density at radius 1 is 1.04 bits per heavy atom. The number of rotatable bonds is 5. The molecule has 0 radical (unpaired) electrons. The highest BCUT2D eigenvalue weighted by molar-refractivity contribution is 6.30. The van der Waals surface area contributed by atoms with E-state index in [1.807, 2.05) is 66.0 Å². The first-order valence-corrected chi connectivity index (χ1v) is 8.37. The zero-order valence-electron chi connectivity index (χ0n) is 13.5. The van der Waals surface area contributed by atoms with Crippen LogP contribution in [-0.2, 0) is 4.79 Å². The molecule has 3 rings (SSSR count). The van der Waals surface area contributed by atoms with Crippen molar-refractivity contribution in [2.45, 2.75) is 13.0 Å². The largest absolute Gasteiger partial charge is 0.333 e. The summed E-state index contributed by atoms with van der Waals surface area (Å²) in [5, 5.41) is 7.98. The zero-order chi connectivity index (χ0) is 16.9. The zero-order valence-corrected chi connectivity index (χ0v) is 14.3. The lowest BCUT2D eigenvalue weighted by molar-refractivity contribution is -0.682. The number of carbonyl (C=O) groups excluding carboxylic acids is 1. The lowest BCUT2D eigenvalue weighted by atomic mass is 10.1. The SMILES string of the molecule is C[C@@H]([NH2+]CC(=O)Nc1ccc2ccccc2c1)c1ccc(Cl)cc1. The summed E-state index contributed by atoms with van der Waals surface area (Å²) in [7, 11) is 0. The van der Waals surface area contributed by atoms with Gasteiger partial charge in [0.2, 0.25) is 0 Å². The Bertz CT molecular complexity index is 846. The molecule has 24 heavy (non-hydrogen) atoms. The van der Waals surface area contributed by atoms with Crippen LogP contribution in [0.25, 0.3) is 10.8 Å². The third-order valence-corrected chi connectivity index (χ3v) is 4.34. The Labute approximate surface area is 146 Å². The minimum absolute atomic E-state index is 0.00825. The second-order valence-corrected chi connectivity index (χ2v) is 6.33. The van der Waals surface area contributed by atoms with Crippen molar-refractivity contribution in [2.75, 3.05) is 11.9 Å². The Morgan fingerprint density at radius 3 is 2.50 bits per heavy atom.